The molecule has 0 aromatic carbocycles. The monoisotopic (exact) mass is 305 g/mol. The summed E-state index contributed by atoms with van der Waals surface area (Å²) in [6, 6.07) is 0.719. The molecule has 0 radical (unpaired) electrons. The number of piperazine rings is 1. The summed E-state index contributed by atoms with van der Waals surface area (Å²) < 4.78 is 0. The summed E-state index contributed by atoms with van der Waals surface area (Å²) in [5, 5.41) is 0. The van der Waals surface area contributed by atoms with Crippen LogP contribution in [-0.2, 0) is 0 Å². The van der Waals surface area contributed by atoms with Crippen molar-refractivity contribution in [2.24, 2.45) is 11.8 Å². The Bertz CT molecular complexity index is 364. The van der Waals surface area contributed by atoms with Crippen molar-refractivity contribution in [3.63, 3.8) is 0 Å². The molecular weight excluding hydrogens is 270 g/mol. The second kappa shape index (κ2) is 8.91. The van der Waals surface area contributed by atoms with E-state index in [1.165, 1.54) is 58.7 Å². The lowest BCUT2D eigenvalue weighted by Crippen LogP contribution is -2.49. The standard InChI is InChI=1S/C19H35N3/c1-17(2)6-5-9-20-12-14-21(15-13-20)16-19-7-10-22(11-8-19)18(3)4/h17-19H,7-16H2,1-4H3. The van der Waals surface area contributed by atoms with Crippen LogP contribution >= 0.6 is 0 Å². The maximum atomic E-state index is 3.32. The van der Waals surface area contributed by atoms with Crippen LogP contribution in [0.2, 0.25) is 0 Å². The van der Waals surface area contributed by atoms with Gasteiger partial charge in [0.15, 0.2) is 0 Å². The van der Waals surface area contributed by atoms with Gasteiger partial charge < -0.3 is 9.80 Å². The first-order valence-corrected chi connectivity index (χ1v) is 9.21. The fourth-order valence-electron chi connectivity index (χ4n) is 3.51. The number of likely N-dealkylation sites (tertiary alicyclic amines) is 1. The lowest BCUT2D eigenvalue weighted by molar-refractivity contribution is 0.0920. The van der Waals surface area contributed by atoms with Gasteiger partial charge in [-0.15, -0.1) is 0 Å². The van der Waals surface area contributed by atoms with E-state index in [0.29, 0.717) is 5.92 Å². The molecule has 0 spiro atoms. The molecule has 3 heteroatoms. The Morgan fingerprint density at radius 2 is 1.45 bits per heavy atom. The van der Waals surface area contributed by atoms with E-state index in [1.54, 1.807) is 0 Å². The second-order valence-electron chi connectivity index (χ2n) is 7.63. The Kier molecular flexibility index (Phi) is 7.21. The number of hydrogen-bond acceptors (Lipinski definition) is 3. The first-order chi connectivity index (χ1) is 10.5. The van der Waals surface area contributed by atoms with E-state index in [2.05, 4.69) is 54.2 Å². The number of piperidine rings is 1. The molecule has 0 unspecified atom stereocenters. The zero-order chi connectivity index (χ0) is 15.9. The van der Waals surface area contributed by atoms with Gasteiger partial charge in [-0.25, -0.2) is 0 Å². The maximum Gasteiger partial charge on any atom is 0.0602 e. The zero-order valence-electron chi connectivity index (χ0n) is 15.1. The van der Waals surface area contributed by atoms with Gasteiger partial charge in [0.1, 0.15) is 0 Å². The van der Waals surface area contributed by atoms with Gasteiger partial charge in [0.25, 0.3) is 0 Å². The van der Waals surface area contributed by atoms with Gasteiger partial charge in [0, 0.05) is 44.7 Å². The Hall–Kier alpha value is -0.560. The average Bonchev–Trinajstić information content (AvgIpc) is 2.49. The van der Waals surface area contributed by atoms with E-state index >= 15 is 0 Å². The van der Waals surface area contributed by atoms with Crippen molar-refractivity contribution in [2.45, 2.75) is 46.6 Å². The summed E-state index contributed by atoms with van der Waals surface area (Å²) in [6.07, 6.45) is 2.77. The van der Waals surface area contributed by atoms with Gasteiger partial charge in [0.2, 0.25) is 0 Å². The first kappa shape index (κ1) is 17.8. The largest absolute Gasteiger partial charge is 0.301 e. The highest BCUT2D eigenvalue weighted by atomic mass is 15.3. The Morgan fingerprint density at radius 1 is 0.864 bits per heavy atom. The molecule has 0 saturated carbocycles. The predicted octanol–water partition coefficient (Wildman–Crippen LogP) is 2.38. The molecule has 126 valence electrons. The van der Waals surface area contributed by atoms with E-state index in [-0.39, 0.29) is 0 Å². The van der Waals surface area contributed by atoms with Gasteiger partial charge in [-0.2, -0.15) is 0 Å². The van der Waals surface area contributed by atoms with Gasteiger partial charge in [-0.1, -0.05) is 25.7 Å². The van der Waals surface area contributed by atoms with Gasteiger partial charge in [-0.3, -0.25) is 4.90 Å². The fourth-order valence-corrected chi connectivity index (χ4v) is 3.51. The van der Waals surface area contributed by atoms with E-state index < -0.39 is 0 Å². The molecule has 2 aliphatic heterocycles. The number of nitrogens with zero attached hydrogens (tertiary/aromatic N) is 3. The van der Waals surface area contributed by atoms with Gasteiger partial charge in [0.05, 0.1) is 6.54 Å². The van der Waals surface area contributed by atoms with Crippen molar-refractivity contribution in [3.05, 3.63) is 0 Å². The van der Waals surface area contributed by atoms with Crippen molar-refractivity contribution in [2.75, 3.05) is 52.4 Å². The minimum atomic E-state index is 0.498. The first-order valence-electron chi connectivity index (χ1n) is 9.21. The Labute approximate surface area is 138 Å². The van der Waals surface area contributed by atoms with Crippen molar-refractivity contribution >= 4 is 0 Å². The van der Waals surface area contributed by atoms with Crippen LogP contribution in [0.25, 0.3) is 0 Å². The second-order valence-corrected chi connectivity index (χ2v) is 7.63. The molecule has 0 aliphatic carbocycles. The van der Waals surface area contributed by atoms with E-state index in [4.69, 9.17) is 0 Å². The lowest BCUT2D eigenvalue weighted by atomic mass is 9.95. The van der Waals surface area contributed by atoms with Gasteiger partial charge >= 0.3 is 0 Å². The molecule has 2 heterocycles. The SMILES string of the molecule is CC(C)C#CCN1CCN(CC2CCN(C(C)C)CC2)CC1. The molecule has 2 fully saturated rings. The summed E-state index contributed by atoms with van der Waals surface area (Å²) in [4.78, 5) is 7.82. The molecule has 3 nitrogen and oxygen atoms in total. The topological polar surface area (TPSA) is 9.72 Å². The molecule has 0 aromatic heterocycles. The molecule has 0 N–H and O–H groups in total. The normalized spacial score (nSPS) is 23.0. The number of hydrogen-bond donors (Lipinski definition) is 0. The molecule has 0 bridgehead atoms. The van der Waals surface area contributed by atoms with E-state index in [0.717, 1.165) is 18.5 Å². The molecule has 2 saturated heterocycles. The van der Waals surface area contributed by atoms with Gasteiger partial charge in [-0.05, 0) is 45.7 Å². The third-order valence-corrected chi connectivity index (χ3v) is 5.05. The summed E-state index contributed by atoms with van der Waals surface area (Å²) in [5.41, 5.74) is 0. The van der Waals surface area contributed by atoms with Crippen LogP contribution in [0.4, 0.5) is 0 Å². The molecule has 22 heavy (non-hydrogen) atoms. The molecule has 0 aromatic rings. The molecular formula is C19H35N3. The van der Waals surface area contributed by atoms with E-state index in [9.17, 15) is 0 Å². The highest BCUT2D eigenvalue weighted by Gasteiger charge is 2.24. The minimum absolute atomic E-state index is 0.498. The summed E-state index contributed by atoms with van der Waals surface area (Å²) in [6.45, 7) is 18.7. The summed E-state index contributed by atoms with van der Waals surface area (Å²) >= 11 is 0. The predicted molar refractivity (Wildman–Crippen MR) is 94.9 cm³/mol. The van der Waals surface area contributed by atoms with Crippen LogP contribution in [0, 0.1) is 23.7 Å². The van der Waals surface area contributed by atoms with Crippen LogP contribution in [0.1, 0.15) is 40.5 Å². The van der Waals surface area contributed by atoms with Crippen molar-refractivity contribution in [3.8, 4) is 11.8 Å². The molecule has 0 amide bonds. The third kappa shape index (κ3) is 5.91. The zero-order valence-corrected chi connectivity index (χ0v) is 15.1. The average molecular weight is 306 g/mol. The highest BCUT2D eigenvalue weighted by molar-refractivity contribution is 5.03. The number of rotatable bonds is 4. The molecule has 0 atom stereocenters. The van der Waals surface area contributed by atoms with Crippen LogP contribution in [0.15, 0.2) is 0 Å². The fraction of sp³-hybridized carbons (Fsp3) is 0.895. The van der Waals surface area contributed by atoms with Crippen LogP contribution in [0.3, 0.4) is 0 Å². The van der Waals surface area contributed by atoms with Crippen molar-refractivity contribution in [1.29, 1.82) is 0 Å². The molecule has 2 rings (SSSR count). The minimum Gasteiger partial charge on any atom is -0.301 e. The summed E-state index contributed by atoms with van der Waals surface area (Å²) in [5.74, 6) is 8.01. The van der Waals surface area contributed by atoms with Crippen LogP contribution in [-0.4, -0.2) is 73.1 Å². The smallest absolute Gasteiger partial charge is 0.0602 e. The quantitative estimate of drug-likeness (QED) is 0.739. The third-order valence-electron chi connectivity index (χ3n) is 5.05. The van der Waals surface area contributed by atoms with Crippen molar-refractivity contribution in [1.82, 2.24) is 14.7 Å². The van der Waals surface area contributed by atoms with E-state index in [1.807, 2.05) is 0 Å². The lowest BCUT2D eigenvalue weighted by Gasteiger charge is -2.39. The maximum absolute atomic E-state index is 3.32. The summed E-state index contributed by atoms with van der Waals surface area (Å²) in [7, 11) is 0. The van der Waals surface area contributed by atoms with Crippen LogP contribution in [0.5, 0.6) is 0 Å². The Morgan fingerprint density at radius 3 is 2.00 bits per heavy atom. The van der Waals surface area contributed by atoms with Crippen LogP contribution < -0.4 is 0 Å². The van der Waals surface area contributed by atoms with Crippen molar-refractivity contribution < 1.29 is 0 Å². The molecule has 2 aliphatic rings. The highest BCUT2D eigenvalue weighted by Crippen LogP contribution is 2.20. The Balaban J connectivity index is 1.63.